The summed E-state index contributed by atoms with van der Waals surface area (Å²) in [6, 6.07) is 16.1. The minimum absolute atomic E-state index is 0.717. The van der Waals surface area contributed by atoms with Crippen molar-refractivity contribution in [3.8, 4) is 0 Å². The largest absolute Gasteiger partial charge is 0.353 e. The van der Waals surface area contributed by atoms with Gasteiger partial charge in [-0.2, -0.15) is 0 Å². The third kappa shape index (κ3) is 1.33. The van der Waals surface area contributed by atoms with Crippen LogP contribution in [-0.4, -0.2) is 9.97 Å². The van der Waals surface area contributed by atoms with Crippen molar-refractivity contribution in [2.24, 2.45) is 0 Å². The number of H-pyrrole nitrogens is 1. The van der Waals surface area contributed by atoms with Crippen molar-refractivity contribution in [3.05, 3.63) is 53.6 Å². The lowest BCUT2D eigenvalue weighted by atomic mass is 10.2. The van der Waals surface area contributed by atoms with Gasteiger partial charge in [-0.05, 0) is 24.3 Å². The maximum absolute atomic E-state index is 6.01. The van der Waals surface area contributed by atoms with Crippen molar-refractivity contribution in [1.29, 1.82) is 0 Å². The van der Waals surface area contributed by atoms with Crippen LogP contribution in [0.2, 0.25) is 5.02 Å². The quantitative estimate of drug-likeness (QED) is 0.490. The second-order valence-electron chi connectivity index (χ2n) is 4.39. The number of aromatic nitrogens is 2. The molecule has 0 saturated heterocycles. The molecule has 3 heteroatoms. The second-order valence-corrected chi connectivity index (χ2v) is 4.83. The summed E-state index contributed by atoms with van der Waals surface area (Å²) in [4.78, 5) is 8.10. The molecular weight excluding hydrogens is 244 g/mol. The number of halogens is 1. The first-order chi connectivity index (χ1) is 8.81. The van der Waals surface area contributed by atoms with Gasteiger partial charge in [0.05, 0.1) is 16.6 Å². The molecule has 0 amide bonds. The van der Waals surface area contributed by atoms with E-state index in [1.807, 2.05) is 30.3 Å². The smallest absolute Gasteiger partial charge is 0.0965 e. The first-order valence-corrected chi connectivity index (χ1v) is 6.16. The number of benzene rings is 2. The summed E-state index contributed by atoms with van der Waals surface area (Å²) < 4.78 is 0. The standard InChI is InChI=1S/C15H9ClN2/c16-10-6-5-9-7-14-15(18-13(9)8-10)11-3-1-2-4-12(11)17-14/h1-8,17H. The van der Waals surface area contributed by atoms with Gasteiger partial charge in [-0.25, -0.2) is 4.98 Å². The van der Waals surface area contributed by atoms with Gasteiger partial charge < -0.3 is 4.98 Å². The monoisotopic (exact) mass is 252 g/mol. The van der Waals surface area contributed by atoms with Crippen LogP contribution >= 0.6 is 11.6 Å². The maximum atomic E-state index is 6.01. The minimum atomic E-state index is 0.717. The number of fused-ring (bicyclic) bond motifs is 4. The molecule has 0 fully saturated rings. The van der Waals surface area contributed by atoms with Crippen LogP contribution in [0.4, 0.5) is 0 Å². The highest BCUT2D eigenvalue weighted by Gasteiger charge is 2.06. The van der Waals surface area contributed by atoms with Crippen molar-refractivity contribution in [3.63, 3.8) is 0 Å². The van der Waals surface area contributed by atoms with E-state index in [0.717, 1.165) is 32.8 Å². The van der Waals surface area contributed by atoms with Crippen LogP contribution in [0.15, 0.2) is 48.5 Å². The summed E-state index contributed by atoms with van der Waals surface area (Å²) in [5.74, 6) is 0. The molecule has 0 spiro atoms. The molecule has 0 saturated carbocycles. The summed E-state index contributed by atoms with van der Waals surface area (Å²) in [5.41, 5.74) is 4.10. The van der Waals surface area contributed by atoms with Gasteiger partial charge >= 0.3 is 0 Å². The number of hydrogen-bond acceptors (Lipinski definition) is 1. The average molecular weight is 253 g/mol. The van der Waals surface area contributed by atoms with Crippen molar-refractivity contribution in [2.45, 2.75) is 0 Å². The number of para-hydroxylation sites is 1. The van der Waals surface area contributed by atoms with Gasteiger partial charge in [-0.3, -0.25) is 0 Å². The fourth-order valence-electron chi connectivity index (χ4n) is 2.38. The summed E-state index contributed by atoms with van der Waals surface area (Å²) in [5, 5.41) is 2.96. The van der Waals surface area contributed by atoms with Gasteiger partial charge in [-0.15, -0.1) is 0 Å². The number of aromatic amines is 1. The number of nitrogens with zero attached hydrogens (tertiary/aromatic N) is 1. The van der Waals surface area contributed by atoms with E-state index in [0.29, 0.717) is 5.02 Å². The highest BCUT2D eigenvalue weighted by atomic mass is 35.5. The Balaban J connectivity index is 2.24. The lowest BCUT2D eigenvalue weighted by molar-refractivity contribution is 1.49. The van der Waals surface area contributed by atoms with Crippen LogP contribution < -0.4 is 0 Å². The van der Waals surface area contributed by atoms with Gasteiger partial charge in [0, 0.05) is 21.3 Å². The van der Waals surface area contributed by atoms with Gasteiger partial charge in [0.1, 0.15) is 0 Å². The fraction of sp³-hybridized carbons (Fsp3) is 0. The Morgan fingerprint density at radius 3 is 2.78 bits per heavy atom. The molecule has 0 aliphatic rings. The topological polar surface area (TPSA) is 28.7 Å². The lowest BCUT2D eigenvalue weighted by Crippen LogP contribution is -1.80. The molecule has 0 aliphatic carbocycles. The molecule has 0 atom stereocenters. The van der Waals surface area contributed by atoms with Gasteiger partial charge in [0.2, 0.25) is 0 Å². The van der Waals surface area contributed by atoms with E-state index < -0.39 is 0 Å². The van der Waals surface area contributed by atoms with Crippen LogP contribution in [0.3, 0.4) is 0 Å². The Bertz CT molecular complexity index is 893. The highest BCUT2D eigenvalue weighted by Crippen LogP contribution is 2.27. The predicted molar refractivity (Wildman–Crippen MR) is 76.1 cm³/mol. The molecule has 0 unspecified atom stereocenters. The zero-order valence-electron chi connectivity index (χ0n) is 9.44. The fourth-order valence-corrected chi connectivity index (χ4v) is 2.55. The Morgan fingerprint density at radius 2 is 1.83 bits per heavy atom. The van der Waals surface area contributed by atoms with Crippen LogP contribution in [-0.2, 0) is 0 Å². The van der Waals surface area contributed by atoms with E-state index in [-0.39, 0.29) is 0 Å². The molecule has 18 heavy (non-hydrogen) atoms. The Labute approximate surface area is 108 Å². The predicted octanol–water partition coefficient (Wildman–Crippen LogP) is 4.52. The van der Waals surface area contributed by atoms with Crippen LogP contribution in [0, 0.1) is 0 Å². The summed E-state index contributed by atoms with van der Waals surface area (Å²) in [6.45, 7) is 0. The third-order valence-electron chi connectivity index (χ3n) is 3.23. The zero-order valence-corrected chi connectivity index (χ0v) is 10.2. The Kier molecular flexibility index (Phi) is 1.91. The normalized spacial score (nSPS) is 11.6. The molecule has 0 aliphatic heterocycles. The molecule has 2 aromatic heterocycles. The Hall–Kier alpha value is -2.06. The van der Waals surface area contributed by atoms with E-state index in [1.54, 1.807) is 0 Å². The van der Waals surface area contributed by atoms with Crippen LogP contribution in [0.1, 0.15) is 0 Å². The average Bonchev–Trinajstić information content (AvgIpc) is 2.74. The molecule has 0 radical (unpaired) electrons. The van der Waals surface area contributed by atoms with Gasteiger partial charge in [-0.1, -0.05) is 35.9 Å². The zero-order chi connectivity index (χ0) is 12.1. The Morgan fingerprint density at radius 1 is 0.944 bits per heavy atom. The van der Waals surface area contributed by atoms with E-state index in [4.69, 9.17) is 16.6 Å². The molecule has 2 aromatic carbocycles. The summed E-state index contributed by atoms with van der Waals surface area (Å²) >= 11 is 6.01. The number of hydrogen-bond donors (Lipinski definition) is 1. The van der Waals surface area contributed by atoms with Crippen molar-refractivity contribution >= 4 is 44.4 Å². The highest BCUT2D eigenvalue weighted by molar-refractivity contribution is 6.31. The SMILES string of the molecule is Clc1ccc2cc3[nH]c4ccccc4c3nc2c1. The van der Waals surface area contributed by atoms with E-state index >= 15 is 0 Å². The first kappa shape index (κ1) is 9.92. The number of rotatable bonds is 0. The number of pyridine rings is 1. The summed E-state index contributed by atoms with van der Waals surface area (Å²) in [6.07, 6.45) is 0. The molecule has 2 nitrogen and oxygen atoms in total. The summed E-state index contributed by atoms with van der Waals surface area (Å²) in [7, 11) is 0. The first-order valence-electron chi connectivity index (χ1n) is 5.78. The third-order valence-corrected chi connectivity index (χ3v) is 3.47. The van der Waals surface area contributed by atoms with Gasteiger partial charge in [0.25, 0.3) is 0 Å². The molecule has 86 valence electrons. The maximum Gasteiger partial charge on any atom is 0.0965 e. The molecule has 2 heterocycles. The van der Waals surface area contributed by atoms with E-state index in [9.17, 15) is 0 Å². The minimum Gasteiger partial charge on any atom is -0.353 e. The van der Waals surface area contributed by atoms with E-state index in [1.165, 1.54) is 0 Å². The van der Waals surface area contributed by atoms with Crippen LogP contribution in [0.25, 0.3) is 32.8 Å². The molecular formula is C15H9ClN2. The molecule has 4 rings (SSSR count). The molecule has 4 aromatic rings. The molecule has 1 N–H and O–H groups in total. The lowest BCUT2D eigenvalue weighted by Gasteiger charge is -1.98. The van der Waals surface area contributed by atoms with Crippen molar-refractivity contribution < 1.29 is 0 Å². The van der Waals surface area contributed by atoms with E-state index in [2.05, 4.69) is 23.2 Å². The van der Waals surface area contributed by atoms with Crippen molar-refractivity contribution in [2.75, 3.05) is 0 Å². The van der Waals surface area contributed by atoms with Gasteiger partial charge in [0.15, 0.2) is 0 Å². The van der Waals surface area contributed by atoms with Crippen molar-refractivity contribution in [1.82, 2.24) is 9.97 Å². The number of nitrogens with one attached hydrogen (secondary N) is 1. The second kappa shape index (κ2) is 3.47. The van der Waals surface area contributed by atoms with Crippen LogP contribution in [0.5, 0.6) is 0 Å². The molecule has 0 bridgehead atoms.